The van der Waals surface area contributed by atoms with Crippen LogP contribution in [0.15, 0.2) is 46.0 Å². The zero-order valence-corrected chi connectivity index (χ0v) is 22.0. The van der Waals surface area contributed by atoms with E-state index in [1.54, 1.807) is 30.9 Å². The second-order valence-electron chi connectivity index (χ2n) is 9.82. The summed E-state index contributed by atoms with van der Waals surface area (Å²) in [5.41, 5.74) is 2.85. The highest BCUT2D eigenvalue weighted by atomic mass is 32.1. The molecule has 0 saturated heterocycles. The van der Waals surface area contributed by atoms with Crippen LogP contribution in [0.25, 0.3) is 0 Å². The molecular weight excluding hydrogens is 460 g/mol. The third-order valence-electron chi connectivity index (χ3n) is 6.54. The Balaban J connectivity index is 1.69. The topological polar surface area (TPSA) is 73.1 Å². The van der Waals surface area contributed by atoms with Crippen molar-refractivity contribution in [2.24, 2.45) is 16.3 Å². The molecule has 0 saturated carbocycles. The molecule has 6 nitrogen and oxygen atoms in total. The van der Waals surface area contributed by atoms with Gasteiger partial charge in [0.1, 0.15) is 10.8 Å². The summed E-state index contributed by atoms with van der Waals surface area (Å²) in [6.45, 7) is 9.69. The van der Waals surface area contributed by atoms with E-state index in [4.69, 9.17) is 18.9 Å². The van der Waals surface area contributed by atoms with Crippen LogP contribution < -0.4 is 14.8 Å². The van der Waals surface area contributed by atoms with E-state index in [9.17, 15) is 4.79 Å². The number of benzene rings is 1. The van der Waals surface area contributed by atoms with Crippen molar-refractivity contribution in [2.75, 3.05) is 13.7 Å². The van der Waals surface area contributed by atoms with Gasteiger partial charge in [0.15, 0.2) is 11.5 Å². The molecule has 1 aliphatic rings. The van der Waals surface area contributed by atoms with E-state index in [0.29, 0.717) is 36.1 Å². The van der Waals surface area contributed by atoms with Crippen molar-refractivity contribution in [1.29, 1.82) is 0 Å². The van der Waals surface area contributed by atoms with Crippen molar-refractivity contribution in [3.63, 3.8) is 0 Å². The van der Waals surface area contributed by atoms with Gasteiger partial charge in [-0.2, -0.15) is 0 Å². The second kappa shape index (κ2) is 10.7. The highest BCUT2D eigenvalue weighted by Crippen LogP contribution is 2.45. The Hall–Kier alpha value is -3.06. The molecule has 2 aromatic heterocycles. The van der Waals surface area contributed by atoms with Crippen molar-refractivity contribution in [3.05, 3.63) is 63.9 Å². The predicted octanol–water partition coefficient (Wildman–Crippen LogP) is 6.58. The van der Waals surface area contributed by atoms with Crippen molar-refractivity contribution in [1.82, 2.24) is 5.32 Å². The first-order chi connectivity index (χ1) is 16.8. The monoisotopic (exact) mass is 494 g/mol. The molecule has 186 valence electrons. The van der Waals surface area contributed by atoms with Crippen molar-refractivity contribution >= 4 is 28.5 Å². The Bertz CT molecular complexity index is 1190. The zero-order chi connectivity index (χ0) is 25.0. The Kier molecular flexibility index (Phi) is 7.65. The van der Waals surface area contributed by atoms with Gasteiger partial charge in [-0.15, -0.1) is 11.3 Å². The maximum Gasteiger partial charge on any atom is 0.255 e. The molecule has 1 aromatic carbocycles. The van der Waals surface area contributed by atoms with Crippen LogP contribution in [0.1, 0.15) is 66.2 Å². The summed E-state index contributed by atoms with van der Waals surface area (Å²) >= 11 is 1.63. The van der Waals surface area contributed by atoms with Crippen LogP contribution in [0.5, 0.6) is 11.5 Å². The molecule has 35 heavy (non-hydrogen) atoms. The molecule has 1 N–H and O–H groups in total. The van der Waals surface area contributed by atoms with E-state index in [-0.39, 0.29) is 11.3 Å². The number of aliphatic imine (C=N–C) groups is 1. The summed E-state index contributed by atoms with van der Waals surface area (Å²) in [7, 11) is 1.62. The molecule has 1 aliphatic carbocycles. The van der Waals surface area contributed by atoms with E-state index >= 15 is 0 Å². The van der Waals surface area contributed by atoms with Crippen LogP contribution in [-0.4, -0.2) is 25.8 Å². The Morgan fingerprint density at radius 3 is 2.80 bits per heavy atom. The number of fused-ring (bicyclic) bond motifs is 1. The van der Waals surface area contributed by atoms with E-state index in [0.717, 1.165) is 41.2 Å². The lowest BCUT2D eigenvalue weighted by atomic mass is 9.72. The lowest BCUT2D eigenvalue weighted by Gasteiger charge is -2.33. The summed E-state index contributed by atoms with van der Waals surface area (Å²) in [5.74, 6) is 2.49. The SMILES string of the molecule is CCOc1c(C=Nc2sc3c(c2C(=O)NCc2ccco2)CC[C@@H](C(C)(C)C)C3)cccc1OC. The third kappa shape index (κ3) is 5.61. The van der Waals surface area contributed by atoms with E-state index in [1.807, 2.05) is 37.3 Å². The lowest BCUT2D eigenvalue weighted by Crippen LogP contribution is -2.28. The number of thiophene rings is 1. The number of amides is 1. The van der Waals surface area contributed by atoms with Gasteiger partial charge in [0.05, 0.1) is 32.1 Å². The molecule has 1 atom stereocenters. The van der Waals surface area contributed by atoms with Gasteiger partial charge in [-0.3, -0.25) is 4.79 Å². The first-order valence-electron chi connectivity index (χ1n) is 12.1. The molecule has 1 amide bonds. The molecular formula is C28H34N2O4S. The molecule has 0 spiro atoms. The first-order valence-corrected chi connectivity index (χ1v) is 12.9. The number of para-hydroxylation sites is 1. The molecule has 0 unspecified atom stereocenters. The van der Waals surface area contributed by atoms with Gasteiger partial charge < -0.3 is 19.2 Å². The second-order valence-corrected chi connectivity index (χ2v) is 10.9. The van der Waals surface area contributed by atoms with Gasteiger partial charge in [-0.1, -0.05) is 26.8 Å². The number of ether oxygens (including phenoxy) is 2. The van der Waals surface area contributed by atoms with Gasteiger partial charge in [0.2, 0.25) is 0 Å². The number of rotatable bonds is 8. The number of nitrogens with zero attached hydrogens (tertiary/aromatic N) is 1. The zero-order valence-electron chi connectivity index (χ0n) is 21.1. The van der Waals surface area contributed by atoms with Gasteiger partial charge in [0, 0.05) is 16.7 Å². The molecule has 7 heteroatoms. The average Bonchev–Trinajstić information content (AvgIpc) is 3.48. The molecule has 0 fully saturated rings. The highest BCUT2D eigenvalue weighted by Gasteiger charge is 2.33. The van der Waals surface area contributed by atoms with Gasteiger partial charge in [0.25, 0.3) is 5.91 Å². The minimum absolute atomic E-state index is 0.115. The number of nitrogens with one attached hydrogen (secondary N) is 1. The molecule has 2 heterocycles. The fourth-order valence-corrected chi connectivity index (χ4v) is 5.80. The normalized spacial score (nSPS) is 15.7. The fraction of sp³-hybridized carbons (Fsp3) is 0.429. The number of hydrogen-bond donors (Lipinski definition) is 1. The minimum Gasteiger partial charge on any atom is -0.493 e. The van der Waals surface area contributed by atoms with Gasteiger partial charge >= 0.3 is 0 Å². The molecule has 4 rings (SSSR count). The fourth-order valence-electron chi connectivity index (χ4n) is 4.53. The van der Waals surface area contributed by atoms with Crippen LogP contribution in [0.4, 0.5) is 5.00 Å². The summed E-state index contributed by atoms with van der Waals surface area (Å²) < 4.78 is 16.7. The number of methoxy groups -OCH3 is 1. The Morgan fingerprint density at radius 2 is 2.11 bits per heavy atom. The summed E-state index contributed by atoms with van der Waals surface area (Å²) in [4.78, 5) is 19.5. The van der Waals surface area contributed by atoms with Gasteiger partial charge in [-0.25, -0.2) is 4.99 Å². The summed E-state index contributed by atoms with van der Waals surface area (Å²) in [6.07, 6.45) is 6.31. The highest BCUT2D eigenvalue weighted by molar-refractivity contribution is 7.16. The predicted molar refractivity (Wildman–Crippen MR) is 141 cm³/mol. The molecule has 0 radical (unpaired) electrons. The third-order valence-corrected chi connectivity index (χ3v) is 7.70. The summed E-state index contributed by atoms with van der Waals surface area (Å²) in [5, 5.41) is 3.75. The Morgan fingerprint density at radius 1 is 1.29 bits per heavy atom. The van der Waals surface area contributed by atoms with Crippen molar-refractivity contribution in [2.45, 2.75) is 53.5 Å². The number of furan rings is 1. The van der Waals surface area contributed by atoms with Gasteiger partial charge in [-0.05, 0) is 67.3 Å². The lowest BCUT2D eigenvalue weighted by molar-refractivity contribution is 0.0947. The van der Waals surface area contributed by atoms with E-state index in [1.165, 1.54) is 4.88 Å². The van der Waals surface area contributed by atoms with Crippen LogP contribution >= 0.6 is 11.3 Å². The maximum atomic E-state index is 13.4. The van der Waals surface area contributed by atoms with Crippen LogP contribution in [0.2, 0.25) is 0 Å². The quantitative estimate of drug-likeness (QED) is 0.359. The van der Waals surface area contributed by atoms with E-state index < -0.39 is 0 Å². The number of carbonyl (C=O) groups is 1. The first kappa shape index (κ1) is 25.0. The average molecular weight is 495 g/mol. The minimum atomic E-state index is -0.115. The van der Waals surface area contributed by atoms with Crippen molar-refractivity contribution < 1.29 is 18.7 Å². The molecule has 0 aliphatic heterocycles. The Labute approximate surface area is 211 Å². The van der Waals surface area contributed by atoms with Crippen LogP contribution in [0.3, 0.4) is 0 Å². The largest absolute Gasteiger partial charge is 0.493 e. The van der Waals surface area contributed by atoms with Crippen LogP contribution in [-0.2, 0) is 19.4 Å². The standard InChI is InChI=1S/C28H34N2O4S/c1-6-33-25-18(9-7-11-22(25)32-5)16-30-27-24(26(31)29-17-20-10-8-14-34-20)21-13-12-19(28(2,3)4)15-23(21)35-27/h7-11,14,16,19H,6,12-13,15,17H2,1-5H3,(H,29,31)/t19-/m1/s1. The van der Waals surface area contributed by atoms with Crippen molar-refractivity contribution in [3.8, 4) is 11.5 Å². The van der Waals surface area contributed by atoms with E-state index in [2.05, 4.69) is 26.1 Å². The molecule has 3 aromatic rings. The smallest absolute Gasteiger partial charge is 0.255 e. The van der Waals surface area contributed by atoms with Crippen LogP contribution in [0, 0.1) is 11.3 Å². The number of hydrogen-bond acceptors (Lipinski definition) is 6. The number of carbonyl (C=O) groups excluding carboxylic acids is 1. The summed E-state index contributed by atoms with van der Waals surface area (Å²) in [6, 6.07) is 9.39. The maximum absolute atomic E-state index is 13.4. The molecule has 0 bridgehead atoms.